The second kappa shape index (κ2) is 8.16. The normalized spacial score (nSPS) is 10.1. The van der Waals surface area contributed by atoms with Gasteiger partial charge in [-0.15, -0.1) is 0 Å². The van der Waals surface area contributed by atoms with Crippen LogP contribution in [0.4, 0.5) is 0 Å². The highest BCUT2D eigenvalue weighted by Crippen LogP contribution is 2.21. The van der Waals surface area contributed by atoms with Crippen LogP contribution in [0.3, 0.4) is 0 Å². The summed E-state index contributed by atoms with van der Waals surface area (Å²) in [6, 6.07) is 4.27. The molecule has 6 heteroatoms. The Bertz CT molecular complexity index is 473. The highest BCUT2D eigenvalue weighted by atomic mass is 16.5. The lowest BCUT2D eigenvalue weighted by atomic mass is 10.1. The summed E-state index contributed by atoms with van der Waals surface area (Å²) in [6.07, 6.45) is 1.57. The third-order valence-electron chi connectivity index (χ3n) is 2.70. The van der Waals surface area contributed by atoms with Gasteiger partial charge >= 0.3 is 5.97 Å². The van der Waals surface area contributed by atoms with E-state index in [-0.39, 0.29) is 17.2 Å². The molecule has 0 spiro atoms. The van der Waals surface area contributed by atoms with Crippen LogP contribution in [0.25, 0.3) is 0 Å². The minimum Gasteiger partial charge on any atom is -0.493 e. The predicted molar refractivity (Wildman–Crippen MR) is 73.4 cm³/mol. The molecular formula is C14H19NO5. The molecule has 1 amide bonds. The fourth-order valence-corrected chi connectivity index (χ4v) is 1.63. The maximum atomic E-state index is 11.5. The molecule has 1 rings (SSSR count). The highest BCUT2D eigenvalue weighted by Gasteiger charge is 2.14. The van der Waals surface area contributed by atoms with Crippen molar-refractivity contribution in [2.24, 2.45) is 0 Å². The summed E-state index contributed by atoms with van der Waals surface area (Å²) in [5, 5.41) is 11.6. The fourth-order valence-electron chi connectivity index (χ4n) is 1.63. The fraction of sp³-hybridized carbons (Fsp3) is 0.429. The first-order valence-electron chi connectivity index (χ1n) is 6.31. The van der Waals surface area contributed by atoms with Gasteiger partial charge in [0.15, 0.2) is 0 Å². The minimum atomic E-state index is -1.08. The van der Waals surface area contributed by atoms with E-state index in [2.05, 4.69) is 5.32 Å². The van der Waals surface area contributed by atoms with Crippen molar-refractivity contribution in [3.63, 3.8) is 0 Å². The van der Waals surface area contributed by atoms with Crippen LogP contribution in [0, 0.1) is 0 Å². The molecule has 0 unspecified atom stereocenters. The van der Waals surface area contributed by atoms with E-state index in [4.69, 9.17) is 14.6 Å². The van der Waals surface area contributed by atoms with Gasteiger partial charge in [0.1, 0.15) is 11.3 Å². The van der Waals surface area contributed by atoms with Gasteiger partial charge in [-0.2, -0.15) is 0 Å². The van der Waals surface area contributed by atoms with Gasteiger partial charge in [-0.25, -0.2) is 4.79 Å². The molecule has 0 fully saturated rings. The number of hydrogen-bond donors (Lipinski definition) is 2. The molecule has 0 atom stereocenters. The van der Waals surface area contributed by atoms with E-state index in [0.717, 1.165) is 12.8 Å². The number of carbonyl (C=O) groups is 2. The second-order valence-corrected chi connectivity index (χ2v) is 4.14. The largest absolute Gasteiger partial charge is 0.493 e. The van der Waals surface area contributed by atoms with E-state index < -0.39 is 5.97 Å². The molecule has 6 nitrogen and oxygen atoms in total. The van der Waals surface area contributed by atoms with Crippen LogP contribution in [-0.4, -0.2) is 44.4 Å². The lowest BCUT2D eigenvalue weighted by Crippen LogP contribution is -2.18. The number of aromatic carboxylic acids is 1. The number of methoxy groups -OCH3 is 1. The molecule has 0 aromatic heterocycles. The molecule has 0 radical (unpaired) electrons. The standard InChI is InChI=1S/C14H19NO5/c1-15-13(16)10-5-6-11(14(17)18)12(9-10)20-8-4-3-7-19-2/h5-6,9H,3-4,7-8H2,1-2H3,(H,15,16)(H,17,18). The number of ether oxygens (including phenoxy) is 2. The zero-order chi connectivity index (χ0) is 15.0. The number of benzene rings is 1. The lowest BCUT2D eigenvalue weighted by Gasteiger charge is -2.10. The average molecular weight is 281 g/mol. The molecule has 110 valence electrons. The van der Waals surface area contributed by atoms with Gasteiger partial charge in [0, 0.05) is 26.3 Å². The van der Waals surface area contributed by atoms with Crippen LogP contribution in [0.5, 0.6) is 5.75 Å². The molecule has 0 aliphatic carbocycles. The summed E-state index contributed by atoms with van der Waals surface area (Å²) in [5.74, 6) is -1.16. The Balaban J connectivity index is 2.78. The Morgan fingerprint density at radius 2 is 1.95 bits per heavy atom. The minimum absolute atomic E-state index is 0.0457. The third-order valence-corrected chi connectivity index (χ3v) is 2.70. The van der Waals surface area contributed by atoms with E-state index in [1.165, 1.54) is 25.2 Å². The van der Waals surface area contributed by atoms with E-state index >= 15 is 0 Å². The van der Waals surface area contributed by atoms with Gasteiger partial charge < -0.3 is 19.9 Å². The first kappa shape index (κ1) is 16.0. The monoisotopic (exact) mass is 281 g/mol. The number of unbranched alkanes of at least 4 members (excludes halogenated alkanes) is 1. The third kappa shape index (κ3) is 4.55. The van der Waals surface area contributed by atoms with Crippen molar-refractivity contribution in [3.05, 3.63) is 29.3 Å². The van der Waals surface area contributed by atoms with Crippen LogP contribution >= 0.6 is 0 Å². The van der Waals surface area contributed by atoms with Crippen molar-refractivity contribution in [2.45, 2.75) is 12.8 Å². The van der Waals surface area contributed by atoms with E-state index in [1.54, 1.807) is 7.11 Å². The predicted octanol–water partition coefficient (Wildman–Crippen LogP) is 1.55. The van der Waals surface area contributed by atoms with Gasteiger partial charge in [0.2, 0.25) is 0 Å². The van der Waals surface area contributed by atoms with Gasteiger partial charge in [-0.1, -0.05) is 0 Å². The molecule has 0 saturated carbocycles. The van der Waals surface area contributed by atoms with E-state index in [9.17, 15) is 9.59 Å². The zero-order valence-corrected chi connectivity index (χ0v) is 11.6. The van der Waals surface area contributed by atoms with E-state index in [1.807, 2.05) is 0 Å². The quantitative estimate of drug-likeness (QED) is 0.706. The van der Waals surface area contributed by atoms with Gasteiger partial charge in [-0.05, 0) is 31.0 Å². The first-order chi connectivity index (χ1) is 9.60. The Kier molecular flexibility index (Phi) is 6.52. The van der Waals surface area contributed by atoms with E-state index in [0.29, 0.717) is 18.8 Å². The highest BCUT2D eigenvalue weighted by molar-refractivity contribution is 5.97. The molecule has 1 aromatic rings. The van der Waals surface area contributed by atoms with Crippen LogP contribution < -0.4 is 10.1 Å². The maximum Gasteiger partial charge on any atom is 0.339 e. The number of carbonyl (C=O) groups excluding carboxylic acids is 1. The van der Waals surface area contributed by atoms with Crippen LogP contribution in [-0.2, 0) is 4.74 Å². The Labute approximate surface area is 117 Å². The Morgan fingerprint density at radius 3 is 2.55 bits per heavy atom. The molecule has 0 aliphatic rings. The summed E-state index contributed by atoms with van der Waals surface area (Å²) in [6.45, 7) is 1.01. The lowest BCUT2D eigenvalue weighted by molar-refractivity contribution is 0.0691. The van der Waals surface area contributed by atoms with Crippen molar-refractivity contribution >= 4 is 11.9 Å². The van der Waals surface area contributed by atoms with Gasteiger partial charge in [0.25, 0.3) is 5.91 Å². The number of nitrogens with one attached hydrogen (secondary N) is 1. The maximum absolute atomic E-state index is 11.5. The van der Waals surface area contributed by atoms with Gasteiger partial charge in [0.05, 0.1) is 6.61 Å². The van der Waals surface area contributed by atoms with Crippen molar-refractivity contribution in [1.82, 2.24) is 5.32 Å². The summed E-state index contributed by atoms with van der Waals surface area (Å²) in [5.41, 5.74) is 0.411. The smallest absolute Gasteiger partial charge is 0.339 e. The van der Waals surface area contributed by atoms with Crippen LogP contribution in [0.2, 0.25) is 0 Å². The molecule has 0 saturated heterocycles. The molecule has 20 heavy (non-hydrogen) atoms. The number of carboxylic acids is 1. The molecule has 2 N–H and O–H groups in total. The number of carboxylic acid groups (broad SMARTS) is 1. The molecular weight excluding hydrogens is 262 g/mol. The topological polar surface area (TPSA) is 84.9 Å². The molecule has 0 heterocycles. The zero-order valence-electron chi connectivity index (χ0n) is 11.6. The number of amides is 1. The van der Waals surface area contributed by atoms with Crippen LogP contribution in [0.15, 0.2) is 18.2 Å². The Morgan fingerprint density at radius 1 is 1.25 bits per heavy atom. The number of rotatable bonds is 8. The van der Waals surface area contributed by atoms with Gasteiger partial charge in [-0.3, -0.25) is 4.79 Å². The van der Waals surface area contributed by atoms with Crippen molar-refractivity contribution in [3.8, 4) is 5.75 Å². The summed E-state index contributed by atoms with van der Waals surface area (Å²) >= 11 is 0. The Hall–Kier alpha value is -2.08. The second-order valence-electron chi connectivity index (χ2n) is 4.14. The summed E-state index contributed by atoms with van der Waals surface area (Å²) < 4.78 is 10.4. The average Bonchev–Trinajstić information content (AvgIpc) is 2.45. The molecule has 1 aromatic carbocycles. The van der Waals surface area contributed by atoms with Crippen molar-refractivity contribution in [2.75, 3.05) is 27.4 Å². The summed E-state index contributed by atoms with van der Waals surface area (Å²) in [4.78, 5) is 22.6. The first-order valence-corrected chi connectivity index (χ1v) is 6.31. The van der Waals surface area contributed by atoms with Crippen molar-refractivity contribution < 1.29 is 24.2 Å². The number of hydrogen-bond acceptors (Lipinski definition) is 4. The van der Waals surface area contributed by atoms with Crippen molar-refractivity contribution in [1.29, 1.82) is 0 Å². The molecule has 0 bridgehead atoms. The SMILES string of the molecule is CNC(=O)c1ccc(C(=O)O)c(OCCCCOC)c1. The summed E-state index contributed by atoms with van der Waals surface area (Å²) in [7, 11) is 3.13. The van der Waals surface area contributed by atoms with Crippen LogP contribution in [0.1, 0.15) is 33.6 Å². The molecule has 0 aliphatic heterocycles.